The van der Waals surface area contributed by atoms with Gasteiger partial charge in [-0.1, -0.05) is 19.3 Å². The second kappa shape index (κ2) is 4.20. The summed E-state index contributed by atoms with van der Waals surface area (Å²) in [6.45, 7) is 0.933. The van der Waals surface area contributed by atoms with Crippen LogP contribution in [0.3, 0.4) is 0 Å². The summed E-state index contributed by atoms with van der Waals surface area (Å²) in [7, 11) is 0. The van der Waals surface area contributed by atoms with Crippen molar-refractivity contribution < 1.29 is 0 Å². The largest absolute Gasteiger partial charge is 0.370 e. The van der Waals surface area contributed by atoms with Gasteiger partial charge < -0.3 is 5.32 Å². The molecule has 1 fully saturated rings. The lowest BCUT2D eigenvalue weighted by Gasteiger charge is -2.25. The normalized spacial score (nSPS) is 16.0. The lowest BCUT2D eigenvalue weighted by molar-refractivity contribution is 0.303. The van der Waals surface area contributed by atoms with E-state index in [0.717, 1.165) is 18.3 Å². The van der Waals surface area contributed by atoms with E-state index in [0.29, 0.717) is 5.65 Å². The molecule has 1 saturated carbocycles. The Bertz CT molecular complexity index is 568. The van der Waals surface area contributed by atoms with E-state index in [1.807, 2.05) is 0 Å². The van der Waals surface area contributed by atoms with Gasteiger partial charge in [0.1, 0.15) is 12.1 Å². The molecule has 0 unspecified atom stereocenters. The Morgan fingerprint density at radius 1 is 1.53 bits per heavy atom. The molecular weight excluding hydrogens is 218 g/mol. The zero-order chi connectivity index (χ0) is 11.7. The summed E-state index contributed by atoms with van der Waals surface area (Å²) >= 11 is 0. The Hall–Kier alpha value is -1.85. The third-order valence-corrected chi connectivity index (χ3v) is 3.39. The van der Waals surface area contributed by atoms with Crippen LogP contribution in [-0.4, -0.2) is 26.1 Å². The first-order valence-corrected chi connectivity index (χ1v) is 5.99. The maximum Gasteiger partial charge on any atom is 0.348 e. The van der Waals surface area contributed by atoms with Gasteiger partial charge in [-0.25, -0.2) is 19.3 Å². The molecule has 90 valence electrons. The highest BCUT2D eigenvalue weighted by Crippen LogP contribution is 2.29. The van der Waals surface area contributed by atoms with Crippen LogP contribution in [0, 0.1) is 5.92 Å². The Balaban J connectivity index is 1.66. The van der Waals surface area contributed by atoms with E-state index in [1.165, 1.54) is 36.4 Å². The monoisotopic (exact) mass is 233 g/mol. The molecule has 0 aromatic carbocycles. The zero-order valence-corrected chi connectivity index (χ0v) is 9.52. The van der Waals surface area contributed by atoms with Crippen LogP contribution >= 0.6 is 0 Å². The number of aromatic nitrogens is 4. The molecule has 2 aromatic rings. The smallest absolute Gasteiger partial charge is 0.348 e. The molecule has 6 nitrogen and oxygen atoms in total. The molecule has 2 N–H and O–H groups in total. The number of H-pyrrole nitrogens is 1. The van der Waals surface area contributed by atoms with Crippen LogP contribution in [0.4, 0.5) is 5.82 Å². The quantitative estimate of drug-likeness (QED) is 0.826. The molecule has 2 aromatic heterocycles. The van der Waals surface area contributed by atoms with Gasteiger partial charge in [-0.2, -0.15) is 5.10 Å². The van der Waals surface area contributed by atoms with E-state index >= 15 is 0 Å². The van der Waals surface area contributed by atoms with Gasteiger partial charge in [0.05, 0.1) is 0 Å². The van der Waals surface area contributed by atoms with Crippen LogP contribution in [0.15, 0.2) is 17.2 Å². The lowest BCUT2D eigenvalue weighted by atomic mass is 9.83. The molecule has 0 aliphatic heterocycles. The van der Waals surface area contributed by atoms with Crippen molar-refractivity contribution in [2.45, 2.75) is 25.7 Å². The van der Waals surface area contributed by atoms with Crippen LogP contribution in [0.1, 0.15) is 25.7 Å². The van der Waals surface area contributed by atoms with Crippen molar-refractivity contribution >= 4 is 11.5 Å². The highest BCUT2D eigenvalue weighted by Gasteiger charge is 2.16. The highest BCUT2D eigenvalue weighted by molar-refractivity contribution is 5.48. The second-order valence-electron chi connectivity index (χ2n) is 4.54. The van der Waals surface area contributed by atoms with E-state index in [1.54, 1.807) is 6.07 Å². The van der Waals surface area contributed by atoms with Crippen molar-refractivity contribution in [3.8, 4) is 0 Å². The topological polar surface area (TPSA) is 75.1 Å². The molecule has 0 bridgehead atoms. The number of rotatable bonds is 4. The molecule has 17 heavy (non-hydrogen) atoms. The number of anilines is 1. The summed E-state index contributed by atoms with van der Waals surface area (Å²) in [4.78, 5) is 15.4. The maximum absolute atomic E-state index is 11.2. The minimum atomic E-state index is -0.256. The van der Waals surface area contributed by atoms with E-state index < -0.39 is 0 Å². The predicted molar refractivity (Wildman–Crippen MR) is 64.1 cm³/mol. The minimum absolute atomic E-state index is 0.256. The van der Waals surface area contributed by atoms with E-state index in [9.17, 15) is 4.79 Å². The Morgan fingerprint density at radius 2 is 2.41 bits per heavy atom. The fraction of sp³-hybridized carbons (Fsp3) is 0.545. The molecule has 1 aliphatic carbocycles. The van der Waals surface area contributed by atoms with Crippen molar-refractivity contribution in [3.05, 3.63) is 22.9 Å². The first-order valence-electron chi connectivity index (χ1n) is 5.99. The van der Waals surface area contributed by atoms with Gasteiger partial charge in [0.15, 0.2) is 5.65 Å². The zero-order valence-electron chi connectivity index (χ0n) is 9.52. The van der Waals surface area contributed by atoms with E-state index in [-0.39, 0.29) is 5.69 Å². The molecule has 0 saturated heterocycles. The summed E-state index contributed by atoms with van der Waals surface area (Å²) in [6, 6.07) is 1.78. The lowest BCUT2D eigenvalue weighted by Crippen LogP contribution is -2.16. The van der Waals surface area contributed by atoms with Gasteiger partial charge in [-0.05, 0) is 12.3 Å². The van der Waals surface area contributed by atoms with Gasteiger partial charge in [-0.15, -0.1) is 0 Å². The number of nitrogens with one attached hydrogen (secondary N) is 2. The van der Waals surface area contributed by atoms with Crippen molar-refractivity contribution in [1.82, 2.24) is 19.6 Å². The standard InChI is InChI=1S/C11H15N5O/c17-11-15-14-10-6-9(13-7-16(10)11)12-5-4-8-2-1-3-8/h6-8,12H,1-5H2,(H,15,17). The highest BCUT2D eigenvalue weighted by atomic mass is 16.1. The van der Waals surface area contributed by atoms with Crippen LogP contribution in [-0.2, 0) is 0 Å². The minimum Gasteiger partial charge on any atom is -0.370 e. The average molecular weight is 233 g/mol. The third-order valence-electron chi connectivity index (χ3n) is 3.39. The van der Waals surface area contributed by atoms with Crippen molar-refractivity contribution in [2.75, 3.05) is 11.9 Å². The van der Waals surface area contributed by atoms with Crippen LogP contribution in [0.2, 0.25) is 0 Å². The SMILES string of the molecule is O=c1[nH]nc2cc(NCCC3CCC3)ncn12. The first-order chi connectivity index (χ1) is 8.33. The molecule has 1 aliphatic rings. The van der Waals surface area contributed by atoms with Gasteiger partial charge in [0.2, 0.25) is 0 Å². The van der Waals surface area contributed by atoms with Crippen molar-refractivity contribution in [1.29, 1.82) is 0 Å². The molecule has 6 heteroatoms. The van der Waals surface area contributed by atoms with Gasteiger partial charge >= 0.3 is 5.69 Å². The molecule has 0 spiro atoms. The van der Waals surface area contributed by atoms with Gasteiger partial charge in [0.25, 0.3) is 0 Å². The summed E-state index contributed by atoms with van der Waals surface area (Å²) in [6.07, 6.45) is 6.80. The van der Waals surface area contributed by atoms with Crippen molar-refractivity contribution in [2.24, 2.45) is 5.92 Å². The van der Waals surface area contributed by atoms with Gasteiger partial charge in [0, 0.05) is 12.6 Å². The Labute approximate surface area is 98.1 Å². The molecule has 0 amide bonds. The summed E-state index contributed by atoms with van der Waals surface area (Å²) in [5.41, 5.74) is 0.338. The second-order valence-corrected chi connectivity index (χ2v) is 4.54. The molecule has 2 heterocycles. The fourth-order valence-corrected chi connectivity index (χ4v) is 2.09. The van der Waals surface area contributed by atoms with Crippen LogP contribution in [0.25, 0.3) is 5.65 Å². The molecule has 3 rings (SSSR count). The predicted octanol–water partition coefficient (Wildman–Crippen LogP) is 1.02. The maximum atomic E-state index is 11.2. The Morgan fingerprint density at radius 3 is 3.18 bits per heavy atom. The molecular formula is C11H15N5O. The third kappa shape index (κ3) is 2.02. The summed E-state index contributed by atoms with van der Waals surface area (Å²) in [5, 5.41) is 9.55. The number of fused-ring (bicyclic) bond motifs is 1. The number of hydrogen-bond donors (Lipinski definition) is 2. The Kier molecular flexibility index (Phi) is 2.55. The van der Waals surface area contributed by atoms with E-state index in [2.05, 4.69) is 20.5 Å². The molecule has 0 radical (unpaired) electrons. The molecule has 0 atom stereocenters. The summed E-state index contributed by atoms with van der Waals surface area (Å²) in [5.74, 6) is 1.66. The van der Waals surface area contributed by atoms with Crippen molar-refractivity contribution in [3.63, 3.8) is 0 Å². The van der Waals surface area contributed by atoms with Crippen LogP contribution < -0.4 is 11.0 Å². The fourth-order valence-electron chi connectivity index (χ4n) is 2.09. The first kappa shape index (κ1) is 10.3. The number of nitrogens with zero attached hydrogens (tertiary/aromatic N) is 3. The summed E-state index contributed by atoms with van der Waals surface area (Å²) < 4.78 is 1.39. The number of aromatic amines is 1. The average Bonchev–Trinajstić information content (AvgIpc) is 2.64. The van der Waals surface area contributed by atoms with Gasteiger partial charge in [-0.3, -0.25) is 0 Å². The van der Waals surface area contributed by atoms with Crippen LogP contribution in [0.5, 0.6) is 0 Å². The van der Waals surface area contributed by atoms with E-state index in [4.69, 9.17) is 0 Å². The number of hydrogen-bond acceptors (Lipinski definition) is 4.